The lowest BCUT2D eigenvalue weighted by Gasteiger charge is -2.34. The lowest BCUT2D eigenvalue weighted by molar-refractivity contribution is 0.670. The summed E-state index contributed by atoms with van der Waals surface area (Å²) in [6.45, 7) is 0. The van der Waals surface area contributed by atoms with Gasteiger partial charge in [0, 0.05) is 22.4 Å². The van der Waals surface area contributed by atoms with Crippen LogP contribution >= 0.6 is 0 Å². The lowest BCUT2D eigenvalue weighted by Crippen LogP contribution is -2.28. The summed E-state index contributed by atoms with van der Waals surface area (Å²) >= 11 is 0. The van der Waals surface area contributed by atoms with Crippen LogP contribution in [0.5, 0.6) is 0 Å². The number of para-hydroxylation sites is 3. The van der Waals surface area contributed by atoms with Crippen LogP contribution in [0.4, 0.5) is 28.4 Å². The normalized spacial score (nSPS) is 12.8. The van der Waals surface area contributed by atoms with Crippen LogP contribution in [0.15, 0.2) is 205 Å². The number of rotatable bonds is 7. The number of benzene rings is 8. The molecule has 10 rings (SSSR count). The van der Waals surface area contributed by atoms with Crippen molar-refractivity contribution in [2.24, 2.45) is 0 Å². The van der Waals surface area contributed by atoms with Gasteiger partial charge in [0.05, 0.1) is 22.2 Å². The molecule has 0 spiro atoms. The van der Waals surface area contributed by atoms with Crippen LogP contribution < -0.4 is 10.2 Å². The fourth-order valence-electron chi connectivity index (χ4n) is 8.37. The van der Waals surface area contributed by atoms with Gasteiger partial charge < -0.3 is 14.6 Å². The minimum Gasteiger partial charge on any atom is -0.454 e. The average molecular weight is 667 g/mol. The molecule has 0 bridgehead atoms. The highest BCUT2D eigenvalue weighted by molar-refractivity contribution is 6.16. The van der Waals surface area contributed by atoms with E-state index >= 15 is 0 Å². The van der Waals surface area contributed by atoms with Gasteiger partial charge in [-0.3, -0.25) is 0 Å². The number of hydrogen-bond acceptors (Lipinski definition) is 3. The molecule has 1 aliphatic rings. The molecular weight excluding hydrogens is 633 g/mol. The zero-order chi connectivity index (χ0) is 34.5. The molecule has 9 aromatic rings. The Bertz CT molecular complexity index is 2610. The average Bonchev–Trinajstić information content (AvgIpc) is 3.75. The zero-order valence-electron chi connectivity index (χ0n) is 28.4. The summed E-state index contributed by atoms with van der Waals surface area (Å²) in [6, 6.07) is 71.3. The van der Waals surface area contributed by atoms with Crippen LogP contribution in [-0.4, -0.2) is 0 Å². The number of furan rings is 1. The Kier molecular flexibility index (Phi) is 7.04. The quantitative estimate of drug-likeness (QED) is 0.183. The topological polar surface area (TPSA) is 28.4 Å². The van der Waals surface area contributed by atoms with Crippen molar-refractivity contribution in [2.45, 2.75) is 5.41 Å². The van der Waals surface area contributed by atoms with Gasteiger partial charge in [0.1, 0.15) is 5.58 Å². The molecule has 246 valence electrons. The first-order chi connectivity index (χ1) is 25.8. The third kappa shape index (κ3) is 4.60. The molecule has 1 aliphatic carbocycles. The molecule has 0 radical (unpaired) electrons. The van der Waals surface area contributed by atoms with Gasteiger partial charge in [0.25, 0.3) is 0 Å². The molecule has 1 aromatic heterocycles. The van der Waals surface area contributed by atoms with Crippen LogP contribution in [0.3, 0.4) is 0 Å². The first-order valence-electron chi connectivity index (χ1n) is 17.8. The number of nitrogens with one attached hydrogen (secondary N) is 1. The Morgan fingerprint density at radius 2 is 0.981 bits per heavy atom. The standard InChI is InChI=1S/C49H34N2O/c1-4-16-34(17-5-1)49(42-25-12-10-22-39(42)40-23-11-13-26-43(40)49)35-30-32-36(33-31-35)50-44-27-14-24-41-47-45(28-15-29-46(47)52-48(41)44)51(37-18-6-2-7-19-37)38-20-8-3-9-21-38/h1-33,50H. The Morgan fingerprint density at radius 3 is 1.62 bits per heavy atom. The number of hydrogen-bond donors (Lipinski definition) is 1. The molecule has 0 saturated carbocycles. The van der Waals surface area contributed by atoms with Crippen molar-refractivity contribution in [1.82, 2.24) is 0 Å². The van der Waals surface area contributed by atoms with Gasteiger partial charge in [-0.2, -0.15) is 0 Å². The first kappa shape index (κ1) is 30.0. The van der Waals surface area contributed by atoms with E-state index in [4.69, 9.17) is 4.42 Å². The molecule has 0 fully saturated rings. The van der Waals surface area contributed by atoms with Gasteiger partial charge >= 0.3 is 0 Å². The Hall–Kier alpha value is -6.84. The van der Waals surface area contributed by atoms with Gasteiger partial charge in [0.15, 0.2) is 5.58 Å². The Labute approximate surface area is 303 Å². The van der Waals surface area contributed by atoms with E-state index in [0.717, 1.165) is 50.4 Å². The van der Waals surface area contributed by atoms with Crippen molar-refractivity contribution in [3.63, 3.8) is 0 Å². The van der Waals surface area contributed by atoms with Gasteiger partial charge in [0.2, 0.25) is 0 Å². The maximum absolute atomic E-state index is 6.69. The lowest BCUT2D eigenvalue weighted by atomic mass is 9.68. The van der Waals surface area contributed by atoms with Crippen molar-refractivity contribution in [3.05, 3.63) is 222 Å². The SMILES string of the molecule is c1ccc(N(c2ccccc2)c2cccc3oc4c(Nc5ccc(C6(c7ccccc7)c7ccccc7-c7ccccc76)cc5)cccc4c23)cc1. The highest BCUT2D eigenvalue weighted by Gasteiger charge is 2.45. The highest BCUT2D eigenvalue weighted by atomic mass is 16.3. The number of fused-ring (bicyclic) bond motifs is 6. The molecular formula is C49H34N2O. The monoisotopic (exact) mass is 666 g/mol. The molecule has 1 heterocycles. The van der Waals surface area contributed by atoms with E-state index in [2.05, 4.69) is 210 Å². The maximum Gasteiger partial charge on any atom is 0.158 e. The summed E-state index contributed by atoms with van der Waals surface area (Å²) in [6.07, 6.45) is 0. The van der Waals surface area contributed by atoms with E-state index in [1.54, 1.807) is 0 Å². The summed E-state index contributed by atoms with van der Waals surface area (Å²) < 4.78 is 6.69. The molecule has 0 unspecified atom stereocenters. The number of anilines is 5. The van der Waals surface area contributed by atoms with Crippen LogP contribution in [0.25, 0.3) is 33.1 Å². The van der Waals surface area contributed by atoms with Crippen LogP contribution in [0.1, 0.15) is 22.3 Å². The Balaban J connectivity index is 1.08. The van der Waals surface area contributed by atoms with Crippen LogP contribution in [0.2, 0.25) is 0 Å². The second-order valence-electron chi connectivity index (χ2n) is 13.4. The van der Waals surface area contributed by atoms with E-state index in [1.807, 2.05) is 0 Å². The third-order valence-corrected chi connectivity index (χ3v) is 10.5. The smallest absolute Gasteiger partial charge is 0.158 e. The van der Waals surface area contributed by atoms with Crippen LogP contribution in [-0.2, 0) is 5.41 Å². The summed E-state index contributed by atoms with van der Waals surface area (Å²) in [5.41, 5.74) is 14.1. The van der Waals surface area contributed by atoms with Crippen molar-refractivity contribution in [1.29, 1.82) is 0 Å². The molecule has 0 aliphatic heterocycles. The van der Waals surface area contributed by atoms with Crippen molar-refractivity contribution in [2.75, 3.05) is 10.2 Å². The van der Waals surface area contributed by atoms with Crippen LogP contribution in [0, 0.1) is 0 Å². The van der Waals surface area contributed by atoms with Gasteiger partial charge in [-0.05, 0) is 88.0 Å². The molecule has 1 N–H and O–H groups in total. The van der Waals surface area contributed by atoms with E-state index in [0.29, 0.717) is 0 Å². The largest absolute Gasteiger partial charge is 0.454 e. The number of nitrogens with zero attached hydrogens (tertiary/aromatic N) is 1. The fraction of sp³-hybridized carbons (Fsp3) is 0.0204. The zero-order valence-corrected chi connectivity index (χ0v) is 28.4. The molecule has 0 saturated heterocycles. The fourth-order valence-corrected chi connectivity index (χ4v) is 8.37. The highest BCUT2D eigenvalue weighted by Crippen LogP contribution is 2.56. The molecule has 3 nitrogen and oxygen atoms in total. The minimum atomic E-state index is -0.425. The molecule has 52 heavy (non-hydrogen) atoms. The predicted octanol–water partition coefficient (Wildman–Crippen LogP) is 13.2. The van der Waals surface area contributed by atoms with Gasteiger partial charge in [-0.25, -0.2) is 0 Å². The summed E-state index contributed by atoms with van der Waals surface area (Å²) in [5, 5.41) is 5.86. The minimum absolute atomic E-state index is 0.425. The summed E-state index contributed by atoms with van der Waals surface area (Å²) in [7, 11) is 0. The van der Waals surface area contributed by atoms with E-state index in [9.17, 15) is 0 Å². The molecule has 0 amide bonds. The van der Waals surface area contributed by atoms with E-state index in [1.165, 1.54) is 33.4 Å². The van der Waals surface area contributed by atoms with Crippen molar-refractivity contribution < 1.29 is 4.42 Å². The predicted molar refractivity (Wildman–Crippen MR) is 215 cm³/mol. The van der Waals surface area contributed by atoms with Crippen molar-refractivity contribution in [3.8, 4) is 11.1 Å². The van der Waals surface area contributed by atoms with Crippen molar-refractivity contribution >= 4 is 50.4 Å². The van der Waals surface area contributed by atoms with E-state index < -0.39 is 5.41 Å². The van der Waals surface area contributed by atoms with Gasteiger partial charge in [-0.15, -0.1) is 0 Å². The van der Waals surface area contributed by atoms with E-state index in [-0.39, 0.29) is 0 Å². The summed E-state index contributed by atoms with van der Waals surface area (Å²) in [4.78, 5) is 2.30. The third-order valence-electron chi connectivity index (χ3n) is 10.5. The second-order valence-corrected chi connectivity index (χ2v) is 13.4. The summed E-state index contributed by atoms with van der Waals surface area (Å²) in [5.74, 6) is 0. The molecule has 0 atom stereocenters. The first-order valence-corrected chi connectivity index (χ1v) is 17.8. The second kappa shape index (κ2) is 12.2. The van der Waals surface area contributed by atoms with Gasteiger partial charge in [-0.1, -0.05) is 146 Å². The molecule has 3 heteroatoms. The Morgan fingerprint density at radius 1 is 0.442 bits per heavy atom. The maximum atomic E-state index is 6.69. The molecule has 8 aromatic carbocycles.